The van der Waals surface area contributed by atoms with E-state index in [1.165, 1.54) is 4.31 Å². The summed E-state index contributed by atoms with van der Waals surface area (Å²) >= 11 is 0. The highest BCUT2D eigenvalue weighted by Gasteiger charge is 2.31. The number of alkyl halides is 2. The molecule has 1 heterocycles. The topological polar surface area (TPSA) is 69.6 Å². The van der Waals surface area contributed by atoms with E-state index < -0.39 is 29.3 Å². The van der Waals surface area contributed by atoms with Crippen molar-refractivity contribution in [1.82, 2.24) is 9.03 Å². The Morgan fingerprint density at radius 2 is 1.83 bits per heavy atom. The molecular weight excluding hydrogens is 266 g/mol. The smallest absolute Gasteiger partial charge is 0.279 e. The van der Waals surface area contributed by atoms with Crippen LogP contribution in [0.2, 0.25) is 0 Å². The average molecular weight is 286 g/mol. The highest BCUT2D eigenvalue weighted by atomic mass is 32.2. The molecule has 108 valence electrons. The lowest BCUT2D eigenvalue weighted by Gasteiger charge is -2.34. The lowest BCUT2D eigenvalue weighted by Crippen LogP contribution is -2.49. The fourth-order valence-electron chi connectivity index (χ4n) is 2.17. The number of aliphatic hydroxyl groups is 1. The number of nitrogens with one attached hydrogen (secondary N) is 1. The highest BCUT2D eigenvalue weighted by molar-refractivity contribution is 7.87. The standard InChI is InChI=1S/C10H20F2N2O3S/c1-7-3-8(2)6-14(5-7)18(16,17)13-4-9(15)10(11)12/h7-10,13,15H,3-6H2,1-2H3. The molecule has 5 nitrogen and oxygen atoms in total. The molecule has 0 saturated carbocycles. The highest BCUT2D eigenvalue weighted by Crippen LogP contribution is 2.22. The van der Waals surface area contributed by atoms with Crippen molar-refractivity contribution >= 4 is 10.2 Å². The number of aliphatic hydroxyl groups excluding tert-OH is 1. The maximum atomic E-state index is 12.1. The van der Waals surface area contributed by atoms with Gasteiger partial charge in [0.15, 0.2) is 0 Å². The van der Waals surface area contributed by atoms with Gasteiger partial charge in [-0.2, -0.15) is 17.4 Å². The van der Waals surface area contributed by atoms with Crippen LogP contribution in [-0.4, -0.2) is 50.0 Å². The van der Waals surface area contributed by atoms with Crippen molar-refractivity contribution in [2.24, 2.45) is 11.8 Å². The van der Waals surface area contributed by atoms with E-state index in [4.69, 9.17) is 5.11 Å². The molecule has 18 heavy (non-hydrogen) atoms. The number of hydrogen-bond donors (Lipinski definition) is 2. The molecule has 0 amide bonds. The molecular formula is C10H20F2N2O3S. The van der Waals surface area contributed by atoms with E-state index >= 15 is 0 Å². The Labute approximate surface area is 106 Å². The molecule has 0 aromatic rings. The Morgan fingerprint density at radius 3 is 2.28 bits per heavy atom. The fraction of sp³-hybridized carbons (Fsp3) is 1.00. The van der Waals surface area contributed by atoms with E-state index in [1.807, 2.05) is 18.6 Å². The Bertz CT molecular complexity index is 354. The molecule has 1 rings (SSSR count). The second-order valence-electron chi connectivity index (χ2n) is 5.02. The molecule has 0 radical (unpaired) electrons. The van der Waals surface area contributed by atoms with Crippen LogP contribution in [0.25, 0.3) is 0 Å². The van der Waals surface area contributed by atoms with Crippen LogP contribution >= 0.6 is 0 Å². The van der Waals surface area contributed by atoms with Crippen molar-refractivity contribution in [1.29, 1.82) is 0 Å². The van der Waals surface area contributed by atoms with Crippen LogP contribution in [0, 0.1) is 11.8 Å². The average Bonchev–Trinajstić information content (AvgIpc) is 2.24. The summed E-state index contributed by atoms with van der Waals surface area (Å²) in [7, 11) is -3.79. The van der Waals surface area contributed by atoms with Crippen molar-refractivity contribution in [2.45, 2.75) is 32.8 Å². The number of piperidine rings is 1. The minimum absolute atomic E-state index is 0.241. The SMILES string of the molecule is CC1CC(C)CN(S(=O)(=O)NCC(O)C(F)F)C1. The summed E-state index contributed by atoms with van der Waals surface area (Å²) in [5, 5.41) is 8.90. The third-order valence-electron chi connectivity index (χ3n) is 2.94. The molecule has 8 heteroatoms. The van der Waals surface area contributed by atoms with E-state index in [-0.39, 0.29) is 11.8 Å². The van der Waals surface area contributed by atoms with Crippen LogP contribution in [0.1, 0.15) is 20.3 Å². The Morgan fingerprint density at radius 1 is 1.33 bits per heavy atom. The predicted octanol–water partition coefficient (Wildman–Crippen LogP) is 0.425. The van der Waals surface area contributed by atoms with Gasteiger partial charge in [-0.15, -0.1) is 0 Å². The first kappa shape index (κ1) is 15.7. The van der Waals surface area contributed by atoms with Gasteiger partial charge >= 0.3 is 0 Å². The molecule has 3 unspecified atom stereocenters. The van der Waals surface area contributed by atoms with Crippen LogP contribution < -0.4 is 4.72 Å². The van der Waals surface area contributed by atoms with Gasteiger partial charge in [-0.3, -0.25) is 0 Å². The van der Waals surface area contributed by atoms with Crippen LogP contribution in [0.5, 0.6) is 0 Å². The molecule has 1 fully saturated rings. The minimum Gasteiger partial charge on any atom is -0.386 e. The summed E-state index contributed by atoms with van der Waals surface area (Å²) in [4.78, 5) is 0. The van der Waals surface area contributed by atoms with E-state index in [1.54, 1.807) is 0 Å². The molecule has 0 aromatic heterocycles. The quantitative estimate of drug-likeness (QED) is 0.770. The van der Waals surface area contributed by atoms with Gasteiger partial charge < -0.3 is 5.11 Å². The number of hydrogen-bond acceptors (Lipinski definition) is 3. The zero-order chi connectivity index (χ0) is 13.9. The Hall–Kier alpha value is -0.310. The third kappa shape index (κ3) is 4.42. The van der Waals surface area contributed by atoms with Gasteiger partial charge in [0.25, 0.3) is 16.6 Å². The molecule has 2 N–H and O–H groups in total. The van der Waals surface area contributed by atoms with E-state index in [9.17, 15) is 17.2 Å². The monoisotopic (exact) mass is 286 g/mol. The van der Waals surface area contributed by atoms with Gasteiger partial charge in [0.2, 0.25) is 0 Å². The maximum absolute atomic E-state index is 12.1. The van der Waals surface area contributed by atoms with E-state index in [0.29, 0.717) is 13.1 Å². The predicted molar refractivity (Wildman–Crippen MR) is 63.5 cm³/mol. The van der Waals surface area contributed by atoms with Crippen LogP contribution in [0.3, 0.4) is 0 Å². The summed E-state index contributed by atoms with van der Waals surface area (Å²) in [5.74, 6) is 0.482. The zero-order valence-corrected chi connectivity index (χ0v) is 11.3. The second-order valence-corrected chi connectivity index (χ2v) is 6.77. The summed E-state index contributed by atoms with van der Waals surface area (Å²) in [6.07, 6.45) is -3.97. The fourth-order valence-corrected chi connectivity index (χ4v) is 3.64. The third-order valence-corrected chi connectivity index (χ3v) is 4.45. The van der Waals surface area contributed by atoms with Crippen LogP contribution in [0.15, 0.2) is 0 Å². The minimum atomic E-state index is -3.79. The molecule has 1 aliphatic rings. The number of halogens is 2. The van der Waals surface area contributed by atoms with Crippen molar-refractivity contribution in [2.75, 3.05) is 19.6 Å². The van der Waals surface area contributed by atoms with Gasteiger partial charge in [0.1, 0.15) is 6.10 Å². The summed E-state index contributed by atoms with van der Waals surface area (Å²) in [6, 6.07) is 0. The van der Waals surface area contributed by atoms with Gasteiger partial charge in [-0.1, -0.05) is 13.8 Å². The molecule has 1 aliphatic heterocycles. The zero-order valence-electron chi connectivity index (χ0n) is 10.5. The Balaban J connectivity index is 2.57. The first-order valence-electron chi connectivity index (χ1n) is 5.93. The molecule has 0 bridgehead atoms. The van der Waals surface area contributed by atoms with E-state index in [0.717, 1.165) is 6.42 Å². The summed E-state index contributed by atoms with van der Waals surface area (Å²) in [5.41, 5.74) is 0. The molecule has 1 saturated heterocycles. The summed E-state index contributed by atoms with van der Waals surface area (Å²) in [6.45, 7) is 3.99. The first-order chi connectivity index (χ1) is 8.22. The lowest BCUT2D eigenvalue weighted by molar-refractivity contribution is -0.000699. The van der Waals surface area contributed by atoms with Crippen LogP contribution in [0.4, 0.5) is 8.78 Å². The van der Waals surface area contributed by atoms with Gasteiger partial charge in [-0.25, -0.2) is 8.78 Å². The normalized spacial score (nSPS) is 28.6. The van der Waals surface area contributed by atoms with Gasteiger partial charge in [-0.05, 0) is 18.3 Å². The molecule has 3 atom stereocenters. The second kappa shape index (κ2) is 6.23. The molecule has 0 aromatic carbocycles. The summed E-state index contributed by atoms with van der Waals surface area (Å²) < 4.78 is 51.1. The Kier molecular flexibility index (Phi) is 5.45. The number of nitrogens with zero attached hydrogens (tertiary/aromatic N) is 1. The molecule has 0 spiro atoms. The van der Waals surface area contributed by atoms with Crippen molar-refractivity contribution in [3.05, 3.63) is 0 Å². The van der Waals surface area contributed by atoms with Crippen molar-refractivity contribution in [3.8, 4) is 0 Å². The van der Waals surface area contributed by atoms with Crippen molar-refractivity contribution < 1.29 is 22.3 Å². The van der Waals surface area contributed by atoms with Gasteiger partial charge in [0, 0.05) is 19.6 Å². The van der Waals surface area contributed by atoms with Crippen molar-refractivity contribution in [3.63, 3.8) is 0 Å². The van der Waals surface area contributed by atoms with Crippen LogP contribution in [-0.2, 0) is 10.2 Å². The van der Waals surface area contributed by atoms with E-state index in [2.05, 4.69) is 0 Å². The lowest BCUT2D eigenvalue weighted by atomic mass is 9.94. The number of rotatable bonds is 5. The largest absolute Gasteiger partial charge is 0.386 e. The maximum Gasteiger partial charge on any atom is 0.279 e. The molecule has 0 aliphatic carbocycles. The first-order valence-corrected chi connectivity index (χ1v) is 7.37. The van der Waals surface area contributed by atoms with Gasteiger partial charge in [0.05, 0.1) is 0 Å².